The zero-order valence-corrected chi connectivity index (χ0v) is 43.7. The molecule has 9 heteroatoms. The molecule has 3 atom stereocenters. The molecule has 0 spiro atoms. The van der Waals surface area contributed by atoms with Gasteiger partial charge in [0.2, 0.25) is 5.91 Å². The van der Waals surface area contributed by atoms with Crippen LogP contribution in [0.25, 0.3) is 0 Å². The Bertz CT molecular complexity index is 1040. The van der Waals surface area contributed by atoms with Gasteiger partial charge in [-0.25, -0.2) is 0 Å². The Hall–Kier alpha value is -0.760. The molecule has 0 heterocycles. The molecule has 63 heavy (non-hydrogen) atoms. The van der Waals surface area contributed by atoms with Crippen LogP contribution in [0.1, 0.15) is 277 Å². The lowest BCUT2D eigenvalue weighted by atomic mass is 10.0. The number of quaternary nitrogens is 1. The van der Waals surface area contributed by atoms with E-state index in [1.807, 2.05) is 21.1 Å². The van der Waals surface area contributed by atoms with Crippen LogP contribution in [0.15, 0.2) is 12.2 Å². The molecule has 0 aliphatic rings. The van der Waals surface area contributed by atoms with Crippen molar-refractivity contribution in [3.63, 3.8) is 0 Å². The average molecular weight is 913 g/mol. The first-order valence-corrected chi connectivity index (χ1v) is 29.0. The Morgan fingerprint density at radius 3 is 1.24 bits per heavy atom. The first kappa shape index (κ1) is 62.2. The fourth-order valence-electron chi connectivity index (χ4n) is 8.39. The highest BCUT2D eigenvalue weighted by molar-refractivity contribution is 7.45. The van der Waals surface area contributed by atoms with Crippen molar-refractivity contribution in [3.05, 3.63) is 12.2 Å². The summed E-state index contributed by atoms with van der Waals surface area (Å²) < 4.78 is 23.1. The monoisotopic (exact) mass is 913 g/mol. The summed E-state index contributed by atoms with van der Waals surface area (Å²) in [6, 6.07) is -0.792. The van der Waals surface area contributed by atoms with E-state index in [1.54, 1.807) is 0 Å². The van der Waals surface area contributed by atoms with Gasteiger partial charge in [-0.15, -0.1) is 0 Å². The molecule has 0 aromatic rings. The summed E-state index contributed by atoms with van der Waals surface area (Å²) in [7, 11) is 1.31. The highest BCUT2D eigenvalue weighted by Gasteiger charge is 2.24. The summed E-state index contributed by atoms with van der Waals surface area (Å²) in [5.74, 6) is -0.169. The van der Waals surface area contributed by atoms with E-state index in [0.717, 1.165) is 44.9 Å². The van der Waals surface area contributed by atoms with E-state index in [9.17, 15) is 19.4 Å². The van der Waals surface area contributed by atoms with Gasteiger partial charge in [0.15, 0.2) is 0 Å². The Kier molecular flexibility index (Phi) is 45.8. The maximum absolute atomic E-state index is 12.8. The number of likely N-dealkylation sites (N-methyl/N-ethyl adjacent to an activating group) is 1. The molecule has 2 N–H and O–H groups in total. The first-order valence-electron chi connectivity index (χ1n) is 27.5. The van der Waals surface area contributed by atoms with Crippen molar-refractivity contribution in [2.24, 2.45) is 0 Å². The lowest BCUT2D eigenvalue weighted by molar-refractivity contribution is -0.870. The molecule has 0 aliphatic heterocycles. The van der Waals surface area contributed by atoms with E-state index in [4.69, 9.17) is 9.05 Å². The highest BCUT2D eigenvalue weighted by Crippen LogP contribution is 2.38. The minimum Gasteiger partial charge on any atom is -0.756 e. The quantitative estimate of drug-likeness (QED) is 0.0272. The largest absolute Gasteiger partial charge is 0.756 e. The van der Waals surface area contributed by atoms with Gasteiger partial charge in [0.05, 0.1) is 39.9 Å². The van der Waals surface area contributed by atoms with Gasteiger partial charge < -0.3 is 28.8 Å². The number of carbonyl (C=O) groups is 1. The molecule has 0 radical (unpaired) electrons. The zero-order chi connectivity index (χ0) is 46.4. The molecular weight excluding hydrogens is 804 g/mol. The number of allylic oxidation sites excluding steroid dienone is 2. The third-order valence-corrected chi connectivity index (χ3v) is 13.7. The molecule has 3 unspecified atom stereocenters. The number of nitrogens with zero attached hydrogens (tertiary/aromatic N) is 1. The third kappa shape index (κ3) is 49.0. The maximum atomic E-state index is 12.8. The lowest BCUT2D eigenvalue weighted by Gasteiger charge is -2.30. The number of amides is 1. The van der Waals surface area contributed by atoms with Crippen molar-refractivity contribution >= 4 is 13.7 Å². The molecule has 0 saturated carbocycles. The Morgan fingerprint density at radius 2 is 0.873 bits per heavy atom. The van der Waals surface area contributed by atoms with E-state index >= 15 is 0 Å². The number of carbonyl (C=O) groups excluding carboxylic acids is 1. The fraction of sp³-hybridized carbons (Fsp3) is 0.944. The minimum absolute atomic E-state index is 0.0138. The van der Waals surface area contributed by atoms with E-state index in [-0.39, 0.29) is 19.1 Å². The average Bonchev–Trinajstić information content (AvgIpc) is 3.24. The SMILES string of the molecule is CCCCCCCCCC/C=C\CCCCCCCCCCCCCCCCCCCCCCCCCCCC(=O)NC(COP(=O)([O-])OCC[N+](C)(C)C)C(O)CCCCCC. The van der Waals surface area contributed by atoms with E-state index in [1.165, 1.54) is 205 Å². The number of rotatable bonds is 51. The molecule has 0 fully saturated rings. The van der Waals surface area contributed by atoms with Gasteiger partial charge in [0.25, 0.3) is 7.82 Å². The van der Waals surface area contributed by atoms with Crippen molar-refractivity contribution in [1.82, 2.24) is 5.32 Å². The van der Waals surface area contributed by atoms with Crippen molar-refractivity contribution in [2.45, 2.75) is 289 Å². The smallest absolute Gasteiger partial charge is 0.268 e. The summed E-state index contributed by atoms with van der Waals surface area (Å²) in [4.78, 5) is 25.1. The molecule has 0 aliphatic carbocycles. The molecule has 8 nitrogen and oxygen atoms in total. The molecular formula is C54H109N2O6P. The van der Waals surface area contributed by atoms with Crippen LogP contribution >= 0.6 is 7.82 Å². The topological polar surface area (TPSA) is 108 Å². The standard InChI is InChI=1S/C54H109N2O6P/c1-6-8-10-12-13-14-15-16-17-18-19-20-21-22-23-24-25-26-27-28-29-30-31-32-33-34-35-36-37-38-39-40-41-42-43-44-46-48-54(58)55-52(53(57)47-45-11-9-7-2)51-62-63(59,60)61-50-49-56(3,4)5/h18-19,52-53,57H,6-17,20-51H2,1-5H3,(H-,55,58,59,60)/b19-18-. The van der Waals surface area contributed by atoms with Crippen LogP contribution in [0.2, 0.25) is 0 Å². The molecule has 0 rings (SSSR count). The van der Waals surface area contributed by atoms with Crippen LogP contribution < -0.4 is 10.2 Å². The zero-order valence-electron chi connectivity index (χ0n) is 42.8. The van der Waals surface area contributed by atoms with Gasteiger partial charge in [-0.3, -0.25) is 9.36 Å². The molecule has 0 bridgehead atoms. The van der Waals surface area contributed by atoms with E-state index < -0.39 is 20.0 Å². The van der Waals surface area contributed by atoms with Gasteiger partial charge >= 0.3 is 0 Å². The van der Waals surface area contributed by atoms with Crippen molar-refractivity contribution in [2.75, 3.05) is 40.9 Å². The van der Waals surface area contributed by atoms with E-state index in [2.05, 4.69) is 31.3 Å². The van der Waals surface area contributed by atoms with Crippen LogP contribution in [0.4, 0.5) is 0 Å². The minimum atomic E-state index is -4.54. The van der Waals surface area contributed by atoms with Crippen molar-refractivity contribution < 1.29 is 32.9 Å². The second-order valence-electron chi connectivity index (χ2n) is 20.3. The maximum Gasteiger partial charge on any atom is 0.268 e. The fourth-order valence-corrected chi connectivity index (χ4v) is 9.11. The summed E-state index contributed by atoms with van der Waals surface area (Å²) in [5, 5.41) is 13.7. The molecule has 0 aromatic heterocycles. The number of aliphatic hydroxyl groups is 1. The Labute approximate surface area is 392 Å². The summed E-state index contributed by atoms with van der Waals surface area (Å²) in [6.45, 7) is 4.62. The lowest BCUT2D eigenvalue weighted by Crippen LogP contribution is -2.46. The van der Waals surface area contributed by atoms with Gasteiger partial charge in [-0.1, -0.05) is 244 Å². The first-order chi connectivity index (χ1) is 30.5. The number of hydrogen-bond acceptors (Lipinski definition) is 6. The molecule has 0 saturated heterocycles. The summed E-state index contributed by atoms with van der Waals surface area (Å²) >= 11 is 0. The Morgan fingerprint density at radius 1 is 0.540 bits per heavy atom. The predicted octanol–water partition coefficient (Wildman–Crippen LogP) is 15.6. The molecule has 0 aromatic carbocycles. The highest BCUT2D eigenvalue weighted by atomic mass is 31.2. The third-order valence-electron chi connectivity index (χ3n) is 12.8. The number of phosphoric ester groups is 1. The predicted molar refractivity (Wildman–Crippen MR) is 270 cm³/mol. The second-order valence-corrected chi connectivity index (χ2v) is 21.7. The van der Waals surface area contributed by atoms with Crippen LogP contribution in [0.3, 0.4) is 0 Å². The number of unbranched alkanes of at least 4 members (excludes halogenated alkanes) is 36. The van der Waals surface area contributed by atoms with Crippen LogP contribution in [-0.4, -0.2) is 68.5 Å². The van der Waals surface area contributed by atoms with Crippen molar-refractivity contribution in [3.8, 4) is 0 Å². The van der Waals surface area contributed by atoms with Gasteiger partial charge in [-0.05, 0) is 38.5 Å². The summed E-state index contributed by atoms with van der Waals surface area (Å²) in [6.07, 6.45) is 56.3. The Balaban J connectivity index is 3.63. The number of nitrogens with one attached hydrogen (secondary N) is 1. The van der Waals surface area contributed by atoms with Crippen LogP contribution in [0, 0.1) is 0 Å². The van der Waals surface area contributed by atoms with Gasteiger partial charge in [0, 0.05) is 6.42 Å². The molecule has 1 amide bonds. The number of aliphatic hydroxyl groups excluding tert-OH is 1. The van der Waals surface area contributed by atoms with Crippen molar-refractivity contribution in [1.29, 1.82) is 0 Å². The number of phosphoric acid groups is 1. The van der Waals surface area contributed by atoms with Crippen LogP contribution in [0.5, 0.6) is 0 Å². The van der Waals surface area contributed by atoms with E-state index in [0.29, 0.717) is 23.9 Å². The van der Waals surface area contributed by atoms with Gasteiger partial charge in [-0.2, -0.15) is 0 Å². The van der Waals surface area contributed by atoms with Gasteiger partial charge in [0.1, 0.15) is 13.2 Å². The normalized spacial score (nSPS) is 14.1. The summed E-state index contributed by atoms with van der Waals surface area (Å²) in [5.41, 5.74) is 0. The second kappa shape index (κ2) is 46.4. The van der Waals surface area contributed by atoms with Crippen LogP contribution in [-0.2, 0) is 18.4 Å². The number of hydrogen-bond donors (Lipinski definition) is 2. The molecule has 376 valence electrons.